The topological polar surface area (TPSA) is 99.0 Å². The molecule has 0 N–H and O–H groups in total. The zero-order valence-electron chi connectivity index (χ0n) is 18.8. The molecule has 0 spiro atoms. The van der Waals surface area contributed by atoms with E-state index >= 15 is 0 Å². The van der Waals surface area contributed by atoms with Crippen molar-refractivity contribution in [2.24, 2.45) is 0 Å². The van der Waals surface area contributed by atoms with E-state index in [1.165, 1.54) is 49.6 Å². The normalized spacial score (nSPS) is 14.4. The Bertz CT molecular complexity index is 1380. The van der Waals surface area contributed by atoms with E-state index in [2.05, 4.69) is 0 Å². The molecule has 0 radical (unpaired) electrons. The number of carbonyl (C=O) groups excluding carboxylic acids is 2. The molecule has 4 rings (SSSR count). The molecule has 1 heterocycles. The number of ether oxygens (including phenoxy) is 2. The molecule has 0 saturated carbocycles. The van der Waals surface area contributed by atoms with Gasteiger partial charge in [-0.15, -0.1) is 0 Å². The average Bonchev–Trinajstić information content (AvgIpc) is 3.11. The summed E-state index contributed by atoms with van der Waals surface area (Å²) in [6.45, 7) is 0.0379. The first-order valence-corrected chi connectivity index (χ1v) is 11.7. The molecule has 0 aliphatic carbocycles. The van der Waals surface area contributed by atoms with E-state index < -0.39 is 21.9 Å². The highest BCUT2D eigenvalue weighted by molar-refractivity contribution is 8.18. The summed E-state index contributed by atoms with van der Waals surface area (Å²) in [5, 5.41) is 10.7. The number of nitrogens with zero attached hydrogens (tertiary/aromatic N) is 2. The van der Waals surface area contributed by atoms with E-state index in [1.54, 1.807) is 24.3 Å². The van der Waals surface area contributed by atoms with Gasteiger partial charge in [0.1, 0.15) is 12.4 Å². The van der Waals surface area contributed by atoms with Gasteiger partial charge in [-0.2, -0.15) is 0 Å². The maximum Gasteiger partial charge on any atom is 0.293 e. The lowest BCUT2D eigenvalue weighted by atomic mass is 10.1. The van der Waals surface area contributed by atoms with Gasteiger partial charge in [0.25, 0.3) is 16.8 Å². The van der Waals surface area contributed by atoms with Gasteiger partial charge in [0.2, 0.25) is 0 Å². The highest BCUT2D eigenvalue weighted by Crippen LogP contribution is 2.39. The molecule has 1 fully saturated rings. The smallest absolute Gasteiger partial charge is 0.293 e. The zero-order valence-corrected chi connectivity index (χ0v) is 20.3. The fourth-order valence-corrected chi connectivity index (χ4v) is 4.55. The van der Waals surface area contributed by atoms with Crippen LogP contribution in [-0.2, 0) is 17.9 Å². The van der Waals surface area contributed by atoms with Crippen LogP contribution in [0.1, 0.15) is 16.7 Å². The van der Waals surface area contributed by atoms with Gasteiger partial charge >= 0.3 is 0 Å². The Labute approximate surface area is 214 Å². The third-order valence-corrected chi connectivity index (χ3v) is 6.37. The summed E-state index contributed by atoms with van der Waals surface area (Å²) in [4.78, 5) is 37.0. The number of nitro groups is 1. The summed E-state index contributed by atoms with van der Waals surface area (Å²) in [5.74, 6) is -0.372. The minimum atomic E-state index is -0.493. The van der Waals surface area contributed by atoms with E-state index in [-0.39, 0.29) is 40.3 Å². The quantitative estimate of drug-likeness (QED) is 0.195. The standard InChI is InChI=1S/C25H18ClFN2O6S/c1-34-21-11-17(10-20(26)23(21)35-14-16-3-2-4-19(9-16)29(32)33)12-22-24(30)28(25(31)36-22)13-15-5-7-18(27)8-6-15/h2-12H,13-14H2,1H3/b22-12-. The Balaban J connectivity index is 1.52. The molecule has 1 aliphatic rings. The predicted molar refractivity (Wildman–Crippen MR) is 133 cm³/mol. The van der Waals surface area contributed by atoms with Crippen LogP contribution in [0, 0.1) is 15.9 Å². The number of hydrogen-bond acceptors (Lipinski definition) is 7. The van der Waals surface area contributed by atoms with Gasteiger partial charge in [-0.25, -0.2) is 4.39 Å². The number of imide groups is 1. The molecule has 1 saturated heterocycles. The second-order valence-electron chi connectivity index (χ2n) is 7.64. The van der Waals surface area contributed by atoms with Crippen LogP contribution in [0.3, 0.4) is 0 Å². The number of hydrogen-bond donors (Lipinski definition) is 0. The van der Waals surface area contributed by atoms with Gasteiger partial charge < -0.3 is 9.47 Å². The van der Waals surface area contributed by atoms with Crippen LogP contribution in [0.25, 0.3) is 6.08 Å². The molecule has 0 bridgehead atoms. The fraction of sp³-hybridized carbons (Fsp3) is 0.120. The Kier molecular flexibility index (Phi) is 7.56. The van der Waals surface area contributed by atoms with Crippen LogP contribution in [-0.4, -0.2) is 28.1 Å². The second kappa shape index (κ2) is 10.8. The molecule has 0 aromatic heterocycles. The summed E-state index contributed by atoms with van der Waals surface area (Å²) in [5.41, 5.74) is 1.64. The summed E-state index contributed by atoms with van der Waals surface area (Å²) in [7, 11) is 1.42. The maximum absolute atomic E-state index is 13.1. The van der Waals surface area contributed by atoms with Gasteiger partial charge in [0, 0.05) is 12.1 Å². The molecule has 2 amide bonds. The lowest BCUT2D eigenvalue weighted by Gasteiger charge is -2.14. The largest absolute Gasteiger partial charge is 0.493 e. The maximum atomic E-state index is 13.1. The Morgan fingerprint density at radius 2 is 1.86 bits per heavy atom. The number of amides is 2. The van der Waals surface area contributed by atoms with E-state index in [4.69, 9.17) is 21.1 Å². The Morgan fingerprint density at radius 3 is 2.56 bits per heavy atom. The van der Waals surface area contributed by atoms with E-state index in [9.17, 15) is 24.1 Å². The molecule has 1 aliphatic heterocycles. The van der Waals surface area contributed by atoms with Crippen molar-refractivity contribution in [3.63, 3.8) is 0 Å². The van der Waals surface area contributed by atoms with Gasteiger partial charge in [-0.3, -0.25) is 24.6 Å². The molecular weight excluding hydrogens is 511 g/mol. The molecule has 0 atom stereocenters. The highest BCUT2D eigenvalue weighted by atomic mass is 35.5. The number of nitro benzene ring substituents is 1. The number of carbonyl (C=O) groups is 2. The SMILES string of the molecule is COc1cc(/C=C2\SC(=O)N(Cc3ccc(F)cc3)C2=O)cc(Cl)c1OCc1cccc([N+](=O)[O-])c1. The van der Waals surface area contributed by atoms with Crippen LogP contribution in [0.5, 0.6) is 11.5 Å². The zero-order chi connectivity index (χ0) is 25.8. The van der Waals surface area contributed by atoms with Gasteiger partial charge in [0.05, 0.1) is 28.5 Å². The first kappa shape index (κ1) is 25.2. The van der Waals surface area contributed by atoms with Crippen LogP contribution >= 0.6 is 23.4 Å². The molecule has 0 unspecified atom stereocenters. The lowest BCUT2D eigenvalue weighted by Crippen LogP contribution is -2.27. The second-order valence-corrected chi connectivity index (χ2v) is 9.04. The third-order valence-electron chi connectivity index (χ3n) is 5.18. The van der Waals surface area contributed by atoms with Gasteiger partial charge in [0.15, 0.2) is 11.5 Å². The number of halogens is 2. The Morgan fingerprint density at radius 1 is 1.11 bits per heavy atom. The molecule has 184 valence electrons. The van der Waals surface area contributed by atoms with Crippen molar-refractivity contribution in [3.8, 4) is 11.5 Å². The van der Waals surface area contributed by atoms with Crippen molar-refractivity contribution < 1.29 is 28.4 Å². The molecule has 3 aromatic rings. The molecule has 3 aromatic carbocycles. The first-order chi connectivity index (χ1) is 17.2. The minimum Gasteiger partial charge on any atom is -0.493 e. The van der Waals surface area contributed by atoms with Gasteiger partial charge in [-0.05, 0) is 58.8 Å². The van der Waals surface area contributed by atoms with Crippen LogP contribution in [0.15, 0.2) is 65.6 Å². The number of methoxy groups -OCH3 is 1. The average molecular weight is 529 g/mol. The summed E-state index contributed by atoms with van der Waals surface area (Å²) in [6.07, 6.45) is 1.52. The summed E-state index contributed by atoms with van der Waals surface area (Å²) in [6, 6.07) is 14.7. The highest BCUT2D eigenvalue weighted by Gasteiger charge is 2.35. The lowest BCUT2D eigenvalue weighted by molar-refractivity contribution is -0.384. The van der Waals surface area contributed by atoms with Crippen molar-refractivity contribution >= 4 is 46.3 Å². The van der Waals surface area contributed by atoms with Crippen molar-refractivity contribution in [2.45, 2.75) is 13.2 Å². The monoisotopic (exact) mass is 528 g/mol. The van der Waals surface area contributed by atoms with E-state index in [0.717, 1.165) is 16.7 Å². The molecular formula is C25H18ClFN2O6S. The molecule has 8 nitrogen and oxygen atoms in total. The number of rotatable bonds is 8. The van der Waals surface area contributed by atoms with Gasteiger partial charge in [-0.1, -0.05) is 35.9 Å². The predicted octanol–water partition coefficient (Wildman–Crippen LogP) is 6.21. The number of thioether (sulfide) groups is 1. The summed E-state index contributed by atoms with van der Waals surface area (Å²) >= 11 is 7.21. The van der Waals surface area contributed by atoms with Crippen molar-refractivity contribution in [1.82, 2.24) is 4.90 Å². The van der Waals surface area contributed by atoms with Crippen molar-refractivity contribution in [1.29, 1.82) is 0 Å². The van der Waals surface area contributed by atoms with Crippen LogP contribution < -0.4 is 9.47 Å². The molecule has 36 heavy (non-hydrogen) atoms. The third kappa shape index (κ3) is 5.67. The first-order valence-electron chi connectivity index (χ1n) is 10.5. The summed E-state index contributed by atoms with van der Waals surface area (Å²) < 4.78 is 24.3. The van der Waals surface area contributed by atoms with E-state index in [1.807, 2.05) is 0 Å². The Hall–Kier alpha value is -3.89. The molecule has 11 heteroatoms. The van der Waals surface area contributed by atoms with E-state index in [0.29, 0.717) is 16.7 Å². The van der Waals surface area contributed by atoms with Crippen LogP contribution in [0.4, 0.5) is 14.9 Å². The van der Waals surface area contributed by atoms with Crippen molar-refractivity contribution in [3.05, 3.63) is 103 Å². The van der Waals surface area contributed by atoms with Crippen molar-refractivity contribution in [2.75, 3.05) is 7.11 Å². The fourth-order valence-electron chi connectivity index (χ4n) is 3.44. The number of non-ortho nitro benzene ring substituents is 1. The number of benzene rings is 3. The minimum absolute atomic E-state index is 0.0133. The van der Waals surface area contributed by atoms with Crippen LogP contribution in [0.2, 0.25) is 5.02 Å².